The molecule has 2 aromatic heterocycles. The smallest absolute Gasteiger partial charge is 0.228 e. The minimum atomic E-state index is -1.19. The summed E-state index contributed by atoms with van der Waals surface area (Å²) >= 11 is 6.00. The molecule has 0 spiro atoms. The van der Waals surface area contributed by atoms with Gasteiger partial charge in [0.25, 0.3) is 0 Å². The standard InChI is InChI=1S/C20H24ClN5O3.HI/c1-3-22-19(24-13-20(2,27)16-8-5-11-28-16)23-10-9-17-25-18(26-29-17)14-6-4-7-15(21)12-14;/h4-8,11-12,27H,3,9-10,13H2,1-2H3,(H2,22,23,24);1H. The van der Waals surface area contributed by atoms with Gasteiger partial charge < -0.3 is 24.7 Å². The number of benzene rings is 1. The Labute approximate surface area is 197 Å². The van der Waals surface area contributed by atoms with Crippen molar-refractivity contribution in [3.63, 3.8) is 0 Å². The summed E-state index contributed by atoms with van der Waals surface area (Å²) in [6.45, 7) is 5.00. The highest BCUT2D eigenvalue weighted by Gasteiger charge is 2.26. The number of aliphatic hydroxyl groups is 1. The summed E-state index contributed by atoms with van der Waals surface area (Å²) in [7, 11) is 0. The van der Waals surface area contributed by atoms with Crippen molar-refractivity contribution in [2.75, 3.05) is 19.6 Å². The van der Waals surface area contributed by atoms with E-state index in [1.165, 1.54) is 6.26 Å². The van der Waals surface area contributed by atoms with Gasteiger partial charge in [-0.05, 0) is 38.1 Å². The van der Waals surface area contributed by atoms with Crippen LogP contribution in [0, 0.1) is 0 Å². The summed E-state index contributed by atoms with van der Waals surface area (Å²) in [4.78, 5) is 8.83. The Hall–Kier alpha value is -2.11. The Morgan fingerprint density at radius 1 is 1.27 bits per heavy atom. The maximum atomic E-state index is 10.5. The third-order valence-electron chi connectivity index (χ3n) is 4.12. The highest BCUT2D eigenvalue weighted by Crippen LogP contribution is 2.21. The molecule has 3 rings (SSSR count). The van der Waals surface area contributed by atoms with Crippen LogP contribution in [0.5, 0.6) is 0 Å². The second-order valence-electron chi connectivity index (χ2n) is 6.65. The molecule has 10 heteroatoms. The summed E-state index contributed by atoms with van der Waals surface area (Å²) in [5.41, 5.74) is -0.389. The molecule has 0 aliphatic heterocycles. The van der Waals surface area contributed by atoms with Crippen molar-refractivity contribution in [2.45, 2.75) is 25.9 Å². The summed E-state index contributed by atoms with van der Waals surface area (Å²) in [5, 5.41) is 21.5. The van der Waals surface area contributed by atoms with Crippen LogP contribution in [-0.2, 0) is 12.0 Å². The predicted octanol–water partition coefficient (Wildman–Crippen LogP) is 3.61. The molecule has 8 nitrogen and oxygen atoms in total. The van der Waals surface area contributed by atoms with Crippen molar-refractivity contribution in [1.29, 1.82) is 0 Å². The van der Waals surface area contributed by atoms with Crippen molar-refractivity contribution in [3.05, 3.63) is 59.3 Å². The van der Waals surface area contributed by atoms with Gasteiger partial charge in [-0.3, -0.25) is 0 Å². The largest absolute Gasteiger partial charge is 0.466 e. The molecule has 162 valence electrons. The number of aromatic nitrogens is 2. The van der Waals surface area contributed by atoms with Gasteiger partial charge in [0.1, 0.15) is 11.4 Å². The van der Waals surface area contributed by atoms with E-state index in [0.717, 1.165) is 5.56 Å². The number of nitrogens with zero attached hydrogens (tertiary/aromatic N) is 3. The fourth-order valence-corrected chi connectivity index (χ4v) is 2.82. The first kappa shape index (κ1) is 24.2. The zero-order valence-corrected chi connectivity index (χ0v) is 19.8. The van der Waals surface area contributed by atoms with E-state index in [4.69, 9.17) is 20.5 Å². The number of hydrogen-bond acceptors (Lipinski definition) is 6. The molecule has 0 amide bonds. The molecule has 3 aromatic rings. The lowest BCUT2D eigenvalue weighted by molar-refractivity contribution is 0.0437. The zero-order valence-electron chi connectivity index (χ0n) is 16.8. The fraction of sp³-hybridized carbons (Fsp3) is 0.350. The Kier molecular flexibility index (Phi) is 9.12. The van der Waals surface area contributed by atoms with Crippen LogP contribution in [0.4, 0.5) is 0 Å². The van der Waals surface area contributed by atoms with Crippen LogP contribution in [0.15, 0.2) is 56.6 Å². The van der Waals surface area contributed by atoms with Gasteiger partial charge in [-0.15, -0.1) is 24.0 Å². The topological polar surface area (TPSA) is 109 Å². The zero-order chi connectivity index (χ0) is 20.7. The van der Waals surface area contributed by atoms with Gasteiger partial charge >= 0.3 is 0 Å². The van der Waals surface area contributed by atoms with Crippen molar-refractivity contribution in [1.82, 2.24) is 20.8 Å². The van der Waals surface area contributed by atoms with Crippen LogP contribution in [-0.4, -0.2) is 40.8 Å². The molecule has 1 atom stereocenters. The highest BCUT2D eigenvalue weighted by molar-refractivity contribution is 14.0. The van der Waals surface area contributed by atoms with Gasteiger partial charge in [0.05, 0.1) is 12.8 Å². The molecule has 0 fully saturated rings. The number of guanidine groups is 1. The van der Waals surface area contributed by atoms with E-state index < -0.39 is 5.60 Å². The van der Waals surface area contributed by atoms with Gasteiger partial charge in [0, 0.05) is 30.1 Å². The van der Waals surface area contributed by atoms with Crippen LogP contribution in [0.2, 0.25) is 5.02 Å². The molecule has 30 heavy (non-hydrogen) atoms. The van der Waals surface area contributed by atoms with E-state index >= 15 is 0 Å². The molecule has 3 N–H and O–H groups in total. The lowest BCUT2D eigenvalue weighted by Gasteiger charge is -2.19. The number of halogens is 2. The first-order chi connectivity index (χ1) is 14.0. The van der Waals surface area contributed by atoms with Crippen LogP contribution < -0.4 is 10.6 Å². The van der Waals surface area contributed by atoms with Gasteiger partial charge in [0.15, 0.2) is 5.96 Å². The van der Waals surface area contributed by atoms with Crippen LogP contribution in [0.3, 0.4) is 0 Å². The third kappa shape index (κ3) is 6.71. The number of aliphatic imine (C=N–C) groups is 1. The summed E-state index contributed by atoms with van der Waals surface area (Å²) in [5.74, 6) is 2.05. The SMILES string of the molecule is CCNC(=NCC(C)(O)c1ccco1)NCCc1nc(-c2cccc(Cl)c2)no1.I. The van der Waals surface area contributed by atoms with Crippen LogP contribution in [0.25, 0.3) is 11.4 Å². The Morgan fingerprint density at radius 3 is 2.80 bits per heavy atom. The van der Waals surface area contributed by atoms with Gasteiger partial charge in [-0.25, -0.2) is 4.99 Å². The number of furan rings is 1. The Morgan fingerprint density at radius 2 is 2.10 bits per heavy atom. The fourth-order valence-electron chi connectivity index (χ4n) is 2.63. The van der Waals surface area contributed by atoms with E-state index in [-0.39, 0.29) is 30.5 Å². The predicted molar refractivity (Wildman–Crippen MR) is 126 cm³/mol. The van der Waals surface area contributed by atoms with Crippen molar-refractivity contribution < 1.29 is 14.0 Å². The van der Waals surface area contributed by atoms with E-state index in [9.17, 15) is 5.11 Å². The maximum absolute atomic E-state index is 10.5. The molecule has 0 radical (unpaired) electrons. The number of nitrogens with one attached hydrogen (secondary N) is 2. The van der Waals surface area contributed by atoms with E-state index in [1.807, 2.05) is 19.1 Å². The molecular formula is C20H25ClIN5O3. The van der Waals surface area contributed by atoms with Crippen molar-refractivity contribution >= 4 is 41.5 Å². The van der Waals surface area contributed by atoms with E-state index in [0.29, 0.717) is 48.0 Å². The third-order valence-corrected chi connectivity index (χ3v) is 4.36. The molecule has 0 aliphatic rings. The number of rotatable bonds is 8. The average molecular weight is 546 g/mol. The lowest BCUT2D eigenvalue weighted by Crippen LogP contribution is -2.39. The van der Waals surface area contributed by atoms with Gasteiger partial charge in [-0.1, -0.05) is 28.9 Å². The monoisotopic (exact) mass is 545 g/mol. The molecule has 0 bridgehead atoms. The molecule has 1 unspecified atom stereocenters. The quantitative estimate of drug-likeness (QED) is 0.225. The molecule has 0 aliphatic carbocycles. The van der Waals surface area contributed by atoms with Gasteiger partial charge in [-0.2, -0.15) is 4.98 Å². The molecule has 0 saturated heterocycles. The molecular weight excluding hydrogens is 521 g/mol. The van der Waals surface area contributed by atoms with E-state index in [1.54, 1.807) is 31.2 Å². The Bertz CT molecular complexity index is 944. The summed E-state index contributed by atoms with van der Waals surface area (Å²) in [6.07, 6.45) is 2.05. The summed E-state index contributed by atoms with van der Waals surface area (Å²) < 4.78 is 10.6. The minimum Gasteiger partial charge on any atom is -0.466 e. The number of hydrogen-bond donors (Lipinski definition) is 3. The van der Waals surface area contributed by atoms with Gasteiger partial charge in [0.2, 0.25) is 11.7 Å². The van der Waals surface area contributed by atoms with Crippen molar-refractivity contribution in [3.8, 4) is 11.4 Å². The second-order valence-corrected chi connectivity index (χ2v) is 7.08. The normalized spacial score (nSPS) is 13.4. The highest BCUT2D eigenvalue weighted by atomic mass is 127. The molecule has 2 heterocycles. The Balaban J connectivity index is 0.00000320. The lowest BCUT2D eigenvalue weighted by atomic mass is 10.0. The van der Waals surface area contributed by atoms with Crippen LogP contribution >= 0.6 is 35.6 Å². The van der Waals surface area contributed by atoms with E-state index in [2.05, 4.69) is 25.8 Å². The summed E-state index contributed by atoms with van der Waals surface area (Å²) in [6, 6.07) is 10.8. The minimum absolute atomic E-state index is 0. The first-order valence-electron chi connectivity index (χ1n) is 9.35. The maximum Gasteiger partial charge on any atom is 0.228 e. The van der Waals surface area contributed by atoms with Crippen molar-refractivity contribution in [2.24, 2.45) is 4.99 Å². The first-order valence-corrected chi connectivity index (χ1v) is 9.73. The second kappa shape index (κ2) is 11.3. The average Bonchev–Trinajstić information content (AvgIpc) is 3.39. The molecule has 1 aromatic carbocycles. The molecule has 0 saturated carbocycles. The van der Waals surface area contributed by atoms with Crippen LogP contribution in [0.1, 0.15) is 25.5 Å².